The van der Waals surface area contributed by atoms with Gasteiger partial charge in [0, 0.05) is 0 Å². The Morgan fingerprint density at radius 2 is 1.11 bits per heavy atom. The zero-order valence-electron chi connectivity index (χ0n) is 6.39. The van der Waals surface area contributed by atoms with Crippen LogP contribution in [-0.4, -0.2) is 24.5 Å². The van der Waals surface area contributed by atoms with Crippen molar-refractivity contribution in [2.24, 2.45) is 0 Å². The Balaban J connectivity index is -0.000000180. The van der Waals surface area contributed by atoms with Crippen LogP contribution in [0, 0.1) is 0 Å². The van der Waals surface area contributed by atoms with E-state index >= 15 is 0 Å². The van der Waals surface area contributed by atoms with Gasteiger partial charge in [-0.15, -0.1) is 12.4 Å². The summed E-state index contributed by atoms with van der Waals surface area (Å²) in [6.07, 6.45) is 0. The smallest absolute Gasteiger partial charge is 0.00474 e. The number of hydrogen-bond donors (Lipinski definition) is 0. The highest BCUT2D eigenvalue weighted by atomic mass is 35.5. The van der Waals surface area contributed by atoms with E-state index in [0.29, 0.717) is 0 Å². The van der Waals surface area contributed by atoms with Gasteiger partial charge < -0.3 is 4.90 Å². The van der Waals surface area contributed by atoms with E-state index in [-0.39, 0.29) is 17.1 Å². The predicted octanol–water partition coefficient (Wildman–Crippen LogP) is 1.92. The summed E-state index contributed by atoms with van der Waals surface area (Å²) in [7, 11) is 0. The lowest BCUT2D eigenvalue weighted by Crippen LogP contribution is -2.21. The number of halogens is 2. The van der Waals surface area contributed by atoms with Crippen molar-refractivity contribution in [3.8, 4) is 0 Å². The maximum atomic E-state index is 2.38. The van der Waals surface area contributed by atoms with Crippen LogP contribution in [0.1, 0.15) is 20.8 Å². The summed E-state index contributed by atoms with van der Waals surface area (Å²) >= 11 is 0. The SMILES string of the molecule is CCN(CC)CC.Cl.F. The standard InChI is InChI=1S/C6H15N.ClH.FH/c1-4-7(5-2)6-3;;/h4-6H2,1-3H3;2*1H. The maximum absolute atomic E-state index is 2.38. The van der Waals surface area contributed by atoms with Crippen molar-refractivity contribution in [3.05, 3.63) is 0 Å². The molecule has 3 heteroatoms. The van der Waals surface area contributed by atoms with Gasteiger partial charge in [0.2, 0.25) is 0 Å². The van der Waals surface area contributed by atoms with Crippen molar-refractivity contribution in [2.45, 2.75) is 20.8 Å². The molecule has 0 aliphatic rings. The van der Waals surface area contributed by atoms with Crippen molar-refractivity contribution in [2.75, 3.05) is 19.6 Å². The van der Waals surface area contributed by atoms with E-state index in [0.717, 1.165) is 0 Å². The molecule has 0 atom stereocenters. The van der Waals surface area contributed by atoms with Crippen LogP contribution in [0.25, 0.3) is 0 Å². The summed E-state index contributed by atoms with van der Waals surface area (Å²) in [5.74, 6) is 0. The fourth-order valence-electron chi connectivity index (χ4n) is 0.671. The van der Waals surface area contributed by atoms with Gasteiger partial charge in [0.25, 0.3) is 0 Å². The van der Waals surface area contributed by atoms with E-state index in [4.69, 9.17) is 0 Å². The Bertz CT molecular complexity index is 34.5. The second kappa shape index (κ2) is 11.0. The molecule has 0 amide bonds. The van der Waals surface area contributed by atoms with Crippen LogP contribution in [0.15, 0.2) is 0 Å². The molecule has 0 saturated heterocycles. The third-order valence-electron chi connectivity index (χ3n) is 1.34. The molecule has 0 aromatic rings. The average molecular weight is 158 g/mol. The Morgan fingerprint density at radius 1 is 0.889 bits per heavy atom. The molecule has 0 rings (SSSR count). The highest BCUT2D eigenvalue weighted by molar-refractivity contribution is 5.85. The zero-order valence-corrected chi connectivity index (χ0v) is 7.20. The van der Waals surface area contributed by atoms with Gasteiger partial charge in [-0.25, -0.2) is 0 Å². The molecule has 0 aliphatic heterocycles. The summed E-state index contributed by atoms with van der Waals surface area (Å²) < 4.78 is 0. The molecule has 1 nitrogen and oxygen atoms in total. The Morgan fingerprint density at radius 3 is 1.11 bits per heavy atom. The van der Waals surface area contributed by atoms with Crippen LogP contribution in [0.4, 0.5) is 4.70 Å². The lowest BCUT2D eigenvalue weighted by atomic mass is 10.5. The maximum Gasteiger partial charge on any atom is -0.00474 e. The topological polar surface area (TPSA) is 3.24 Å². The first kappa shape index (κ1) is 16.1. The largest absolute Gasteiger partial charge is 0.304 e. The highest BCUT2D eigenvalue weighted by Gasteiger charge is 1.89. The van der Waals surface area contributed by atoms with Gasteiger partial charge in [0.15, 0.2) is 0 Å². The minimum absolute atomic E-state index is 0. The van der Waals surface area contributed by atoms with Crippen molar-refractivity contribution >= 4 is 12.4 Å². The van der Waals surface area contributed by atoms with E-state index in [1.54, 1.807) is 0 Å². The molecule has 0 aliphatic carbocycles. The molecule has 0 saturated carbocycles. The Kier molecular flexibility index (Phi) is 19.7. The van der Waals surface area contributed by atoms with Crippen LogP contribution >= 0.6 is 12.4 Å². The molecule has 60 valence electrons. The summed E-state index contributed by atoms with van der Waals surface area (Å²) in [6, 6.07) is 0. The number of nitrogens with zero attached hydrogens (tertiary/aromatic N) is 1. The Labute approximate surface area is 63.2 Å². The second-order valence-corrected chi connectivity index (χ2v) is 1.62. The summed E-state index contributed by atoms with van der Waals surface area (Å²) in [5, 5.41) is 0. The lowest BCUT2D eigenvalue weighted by Gasteiger charge is -2.13. The molecule has 0 bridgehead atoms. The van der Waals surface area contributed by atoms with Crippen molar-refractivity contribution in [1.29, 1.82) is 0 Å². The van der Waals surface area contributed by atoms with E-state index in [1.165, 1.54) is 19.6 Å². The van der Waals surface area contributed by atoms with Gasteiger partial charge in [0.05, 0.1) is 0 Å². The minimum Gasteiger partial charge on any atom is -0.304 e. The molecule has 0 heterocycles. The molecular weight excluding hydrogens is 141 g/mol. The fourth-order valence-corrected chi connectivity index (χ4v) is 0.671. The first-order chi connectivity index (χ1) is 3.35. The molecule has 0 unspecified atom stereocenters. The van der Waals surface area contributed by atoms with E-state index < -0.39 is 0 Å². The summed E-state index contributed by atoms with van der Waals surface area (Å²) in [5.41, 5.74) is 0. The number of rotatable bonds is 3. The molecule has 0 aromatic carbocycles. The van der Waals surface area contributed by atoms with Crippen LogP contribution in [0.3, 0.4) is 0 Å². The van der Waals surface area contributed by atoms with Gasteiger partial charge in [-0.3, -0.25) is 4.70 Å². The molecule has 0 aromatic heterocycles. The first-order valence-corrected chi connectivity index (χ1v) is 3.07. The fraction of sp³-hybridized carbons (Fsp3) is 1.00. The van der Waals surface area contributed by atoms with Crippen molar-refractivity contribution < 1.29 is 4.70 Å². The average Bonchev–Trinajstić information content (AvgIpc) is 1.72. The second-order valence-electron chi connectivity index (χ2n) is 1.62. The predicted molar refractivity (Wildman–Crippen MR) is 43.2 cm³/mol. The van der Waals surface area contributed by atoms with Gasteiger partial charge in [0.1, 0.15) is 0 Å². The molecule has 0 radical (unpaired) electrons. The zero-order chi connectivity index (χ0) is 5.70. The van der Waals surface area contributed by atoms with Crippen LogP contribution in [-0.2, 0) is 0 Å². The molecule has 9 heavy (non-hydrogen) atoms. The molecule has 0 N–H and O–H groups in total. The van der Waals surface area contributed by atoms with Crippen molar-refractivity contribution in [3.63, 3.8) is 0 Å². The number of hydrogen-bond acceptors (Lipinski definition) is 1. The molecular formula is C6H17ClFN. The van der Waals surface area contributed by atoms with Crippen LogP contribution < -0.4 is 0 Å². The van der Waals surface area contributed by atoms with E-state index in [2.05, 4.69) is 25.7 Å². The highest BCUT2D eigenvalue weighted by Crippen LogP contribution is 1.81. The van der Waals surface area contributed by atoms with Gasteiger partial charge in [-0.2, -0.15) is 0 Å². The molecule has 0 fully saturated rings. The van der Waals surface area contributed by atoms with E-state index in [9.17, 15) is 0 Å². The third kappa shape index (κ3) is 8.18. The third-order valence-corrected chi connectivity index (χ3v) is 1.34. The van der Waals surface area contributed by atoms with Gasteiger partial charge in [-0.1, -0.05) is 20.8 Å². The summed E-state index contributed by atoms with van der Waals surface area (Å²) in [6.45, 7) is 10.1. The Hall–Kier alpha value is 0.180. The van der Waals surface area contributed by atoms with Crippen molar-refractivity contribution in [1.82, 2.24) is 4.90 Å². The first-order valence-electron chi connectivity index (χ1n) is 3.07. The van der Waals surface area contributed by atoms with Crippen LogP contribution in [0.2, 0.25) is 0 Å². The lowest BCUT2D eigenvalue weighted by molar-refractivity contribution is 0.321. The monoisotopic (exact) mass is 157 g/mol. The van der Waals surface area contributed by atoms with Crippen LogP contribution in [0.5, 0.6) is 0 Å². The van der Waals surface area contributed by atoms with E-state index in [1.807, 2.05) is 0 Å². The normalized spacial score (nSPS) is 8.00. The summed E-state index contributed by atoms with van der Waals surface area (Å²) in [4.78, 5) is 2.38. The van der Waals surface area contributed by atoms with Gasteiger partial charge >= 0.3 is 0 Å². The molecule has 0 spiro atoms. The van der Waals surface area contributed by atoms with Gasteiger partial charge in [-0.05, 0) is 19.6 Å². The minimum atomic E-state index is 0. The quantitative estimate of drug-likeness (QED) is 0.605.